The van der Waals surface area contributed by atoms with Gasteiger partial charge in [-0.15, -0.1) is 0 Å². The lowest BCUT2D eigenvalue weighted by Crippen LogP contribution is -2.38. The number of fused-ring (bicyclic) bond motifs is 1. The normalized spacial score (nSPS) is 19.0. The first-order chi connectivity index (χ1) is 15.9. The number of benzene rings is 2. The largest absolute Gasteiger partial charge is 0.370 e. The summed E-state index contributed by atoms with van der Waals surface area (Å²) < 4.78 is 0. The Balaban J connectivity index is 1.66. The smallest absolute Gasteiger partial charge is 0.289 e. The van der Waals surface area contributed by atoms with Gasteiger partial charge in [0.2, 0.25) is 5.82 Å². The summed E-state index contributed by atoms with van der Waals surface area (Å²) in [7, 11) is 0. The van der Waals surface area contributed by atoms with Crippen molar-refractivity contribution in [2.75, 3.05) is 5.32 Å². The highest BCUT2D eigenvalue weighted by molar-refractivity contribution is 5.96. The molecule has 2 unspecified atom stereocenters. The maximum atomic E-state index is 13.1. The molecule has 1 fully saturated rings. The molecule has 3 aromatic rings. The molecule has 0 spiro atoms. The predicted molar refractivity (Wildman–Crippen MR) is 132 cm³/mol. The molecule has 1 aromatic heterocycles. The third-order valence-electron chi connectivity index (χ3n) is 6.07. The molecule has 4 rings (SSSR count). The second-order valence-corrected chi connectivity index (χ2v) is 8.68. The summed E-state index contributed by atoms with van der Waals surface area (Å²) in [5, 5.41) is 7.42. The number of aryl methyl sites for hydroxylation is 1. The standard InChI is InChI=1S/C25H31N7O/c1-15-12-13-19-18(14-15)22(30-20-10-6-7-11-21(20)31-25(26)27)32-23(29-19)24(33)28-16(2)17-8-4-3-5-9-17/h3-5,8-9,12-14,16,20-21H,6-7,10-11H2,1-2H3,(H,28,33)(H4,26,27,31)(H,29,30,32)/t16-,20?,21?/m1/s1. The van der Waals surface area contributed by atoms with Gasteiger partial charge in [0.1, 0.15) is 5.82 Å². The molecule has 1 aliphatic rings. The number of carbonyl (C=O) groups excluding carboxylic acids is 1. The highest BCUT2D eigenvalue weighted by Crippen LogP contribution is 2.28. The molecule has 1 aliphatic carbocycles. The van der Waals surface area contributed by atoms with E-state index in [0.29, 0.717) is 11.3 Å². The van der Waals surface area contributed by atoms with E-state index in [1.165, 1.54) is 0 Å². The molecule has 8 nitrogen and oxygen atoms in total. The minimum absolute atomic E-state index is 0.0265. The fraction of sp³-hybridized carbons (Fsp3) is 0.360. The molecule has 0 radical (unpaired) electrons. The average Bonchev–Trinajstić information content (AvgIpc) is 2.80. The van der Waals surface area contributed by atoms with E-state index >= 15 is 0 Å². The van der Waals surface area contributed by atoms with Crippen LogP contribution in [0.4, 0.5) is 5.82 Å². The molecular weight excluding hydrogens is 414 g/mol. The monoisotopic (exact) mass is 445 g/mol. The van der Waals surface area contributed by atoms with Crippen LogP contribution in [0.3, 0.4) is 0 Å². The second kappa shape index (κ2) is 9.85. The number of carbonyl (C=O) groups is 1. The first-order valence-electron chi connectivity index (χ1n) is 11.4. The maximum absolute atomic E-state index is 13.1. The summed E-state index contributed by atoms with van der Waals surface area (Å²) in [6.45, 7) is 3.97. The fourth-order valence-electron chi connectivity index (χ4n) is 4.34. The third kappa shape index (κ3) is 5.39. The Kier molecular flexibility index (Phi) is 6.72. The van der Waals surface area contributed by atoms with Gasteiger partial charge in [0.15, 0.2) is 5.96 Å². The number of guanidine groups is 1. The van der Waals surface area contributed by atoms with Crippen molar-refractivity contribution in [3.63, 3.8) is 0 Å². The van der Waals surface area contributed by atoms with Gasteiger partial charge in [-0.25, -0.2) is 15.0 Å². The quantitative estimate of drug-likeness (QED) is 0.340. The third-order valence-corrected chi connectivity index (χ3v) is 6.07. The second-order valence-electron chi connectivity index (χ2n) is 8.68. The van der Waals surface area contributed by atoms with E-state index in [4.69, 9.17) is 11.5 Å². The molecule has 3 atom stereocenters. The van der Waals surface area contributed by atoms with E-state index < -0.39 is 0 Å². The van der Waals surface area contributed by atoms with E-state index in [-0.39, 0.29) is 35.8 Å². The van der Waals surface area contributed by atoms with Crippen LogP contribution >= 0.6 is 0 Å². The van der Waals surface area contributed by atoms with Crippen LogP contribution in [0.15, 0.2) is 53.5 Å². The van der Waals surface area contributed by atoms with Crippen LogP contribution in [0.2, 0.25) is 0 Å². The molecule has 1 heterocycles. The molecule has 0 aliphatic heterocycles. The molecule has 33 heavy (non-hydrogen) atoms. The number of nitrogens with zero attached hydrogens (tertiary/aromatic N) is 3. The number of hydrogen-bond donors (Lipinski definition) is 4. The summed E-state index contributed by atoms with van der Waals surface area (Å²) in [6, 6.07) is 15.6. The van der Waals surface area contributed by atoms with Crippen LogP contribution in [0.25, 0.3) is 10.9 Å². The van der Waals surface area contributed by atoms with E-state index in [1.807, 2.05) is 62.4 Å². The molecule has 0 bridgehead atoms. The van der Waals surface area contributed by atoms with Crippen LogP contribution in [-0.2, 0) is 0 Å². The average molecular weight is 446 g/mol. The Bertz CT molecular complexity index is 1160. The number of hydrogen-bond acceptors (Lipinski definition) is 5. The van der Waals surface area contributed by atoms with Crippen LogP contribution in [-0.4, -0.2) is 33.9 Å². The highest BCUT2D eigenvalue weighted by Gasteiger charge is 2.26. The van der Waals surface area contributed by atoms with Gasteiger partial charge in [0.05, 0.1) is 23.6 Å². The summed E-state index contributed by atoms with van der Waals surface area (Å²) in [4.78, 5) is 26.7. The van der Waals surface area contributed by atoms with Gasteiger partial charge < -0.3 is 22.1 Å². The Morgan fingerprint density at radius 3 is 2.61 bits per heavy atom. The van der Waals surface area contributed by atoms with Crippen molar-refractivity contribution in [2.24, 2.45) is 16.5 Å². The lowest BCUT2D eigenvalue weighted by atomic mass is 9.90. The zero-order chi connectivity index (χ0) is 23.4. The fourth-order valence-corrected chi connectivity index (χ4v) is 4.34. The van der Waals surface area contributed by atoms with Gasteiger partial charge in [0.25, 0.3) is 5.91 Å². The lowest BCUT2D eigenvalue weighted by molar-refractivity contribution is 0.0930. The van der Waals surface area contributed by atoms with Gasteiger partial charge in [-0.2, -0.15) is 0 Å². The van der Waals surface area contributed by atoms with Gasteiger partial charge >= 0.3 is 0 Å². The maximum Gasteiger partial charge on any atom is 0.289 e. The van der Waals surface area contributed by atoms with E-state index in [0.717, 1.165) is 42.2 Å². The van der Waals surface area contributed by atoms with Crippen molar-refractivity contribution in [1.29, 1.82) is 0 Å². The van der Waals surface area contributed by atoms with E-state index in [1.54, 1.807) is 0 Å². The Morgan fingerprint density at radius 1 is 1.09 bits per heavy atom. The number of aliphatic imine (C=N–C) groups is 1. The lowest BCUT2D eigenvalue weighted by Gasteiger charge is -2.30. The summed E-state index contributed by atoms with van der Waals surface area (Å²) >= 11 is 0. The number of nitrogens with two attached hydrogens (primary N) is 2. The Labute approximate surface area is 193 Å². The van der Waals surface area contributed by atoms with Crippen LogP contribution in [0, 0.1) is 6.92 Å². The summed E-state index contributed by atoms with van der Waals surface area (Å²) in [5.41, 5.74) is 14.2. The highest BCUT2D eigenvalue weighted by atomic mass is 16.2. The molecule has 8 heteroatoms. The summed E-state index contributed by atoms with van der Waals surface area (Å²) in [6.07, 6.45) is 3.98. The predicted octanol–water partition coefficient (Wildman–Crippen LogP) is 3.43. The van der Waals surface area contributed by atoms with E-state index in [2.05, 4.69) is 25.6 Å². The van der Waals surface area contributed by atoms with E-state index in [9.17, 15) is 4.79 Å². The van der Waals surface area contributed by atoms with Crippen molar-refractivity contribution in [3.8, 4) is 0 Å². The van der Waals surface area contributed by atoms with Crippen LogP contribution < -0.4 is 22.1 Å². The number of amides is 1. The van der Waals surface area contributed by atoms with Crippen molar-refractivity contribution in [1.82, 2.24) is 15.3 Å². The molecule has 2 aromatic carbocycles. The minimum atomic E-state index is -0.318. The van der Waals surface area contributed by atoms with Crippen molar-refractivity contribution >= 4 is 28.6 Å². The van der Waals surface area contributed by atoms with Crippen molar-refractivity contribution < 1.29 is 4.79 Å². The van der Waals surface area contributed by atoms with Gasteiger partial charge in [-0.3, -0.25) is 4.79 Å². The van der Waals surface area contributed by atoms with Gasteiger partial charge in [-0.1, -0.05) is 54.8 Å². The number of anilines is 1. The zero-order valence-electron chi connectivity index (χ0n) is 19.1. The number of nitrogens with one attached hydrogen (secondary N) is 2. The molecule has 6 N–H and O–H groups in total. The van der Waals surface area contributed by atoms with Gasteiger partial charge in [-0.05, 0) is 44.4 Å². The van der Waals surface area contributed by atoms with Crippen molar-refractivity contribution in [2.45, 2.75) is 57.7 Å². The molecule has 172 valence electrons. The first-order valence-corrected chi connectivity index (χ1v) is 11.4. The molecule has 1 amide bonds. The van der Waals surface area contributed by atoms with Crippen LogP contribution in [0.5, 0.6) is 0 Å². The van der Waals surface area contributed by atoms with Crippen molar-refractivity contribution in [3.05, 3.63) is 65.5 Å². The topological polar surface area (TPSA) is 131 Å². The van der Waals surface area contributed by atoms with Crippen LogP contribution in [0.1, 0.15) is 60.4 Å². The zero-order valence-corrected chi connectivity index (χ0v) is 19.1. The molecule has 1 saturated carbocycles. The summed E-state index contributed by atoms with van der Waals surface area (Å²) in [5.74, 6) is 0.531. The minimum Gasteiger partial charge on any atom is -0.370 e. The SMILES string of the molecule is Cc1ccc2nc(C(=O)N[C@H](C)c3ccccc3)nc(NC3CCCCC3N=C(N)N)c2c1. The first kappa shape index (κ1) is 22.5. The number of rotatable bonds is 6. The number of aromatic nitrogens is 2. The van der Waals surface area contributed by atoms with Gasteiger partial charge in [0, 0.05) is 5.39 Å². The Morgan fingerprint density at radius 2 is 1.85 bits per heavy atom. The Hall–Kier alpha value is -3.68. The molecule has 0 saturated heterocycles. The molecular formula is C25H31N7O.